The van der Waals surface area contributed by atoms with Crippen LogP contribution in [0.5, 0.6) is 11.8 Å². The summed E-state index contributed by atoms with van der Waals surface area (Å²) in [7, 11) is 0. The molecule has 3 atom stereocenters. The van der Waals surface area contributed by atoms with Gasteiger partial charge in [-0.3, -0.25) is 9.88 Å². The molecular weight excluding hydrogens is 789 g/mol. The number of nitrogens with one attached hydrogen (secondary N) is 1. The highest BCUT2D eigenvalue weighted by Gasteiger charge is 2.46. The number of pyridine rings is 1. The highest BCUT2D eigenvalue weighted by atomic mass is 32.2. The number of ether oxygens (including phenoxy) is 2. The van der Waals surface area contributed by atoms with Crippen LogP contribution in [0, 0.1) is 17.6 Å². The van der Waals surface area contributed by atoms with Gasteiger partial charge in [0.2, 0.25) is 0 Å². The lowest BCUT2D eigenvalue weighted by atomic mass is 9.90. The molecule has 10 rings (SSSR count). The fourth-order valence-corrected chi connectivity index (χ4v) is 10.3. The number of piperidine rings is 1. The quantitative estimate of drug-likeness (QED) is 0.116. The van der Waals surface area contributed by atoms with Crippen molar-refractivity contribution in [3.8, 4) is 23.0 Å². The second kappa shape index (κ2) is 15.1. The highest BCUT2D eigenvalue weighted by Crippen LogP contribution is 2.43. The molecule has 6 bridgehead atoms. The van der Waals surface area contributed by atoms with E-state index in [1.54, 1.807) is 17.9 Å². The van der Waals surface area contributed by atoms with Gasteiger partial charge in [0.25, 0.3) is 0 Å². The molecule has 2 aromatic heterocycles. The first kappa shape index (κ1) is 39.2. The summed E-state index contributed by atoms with van der Waals surface area (Å²) in [5.41, 5.74) is -1.26. The van der Waals surface area contributed by atoms with Crippen molar-refractivity contribution in [1.29, 1.82) is 0 Å². The van der Waals surface area contributed by atoms with Crippen molar-refractivity contribution in [2.24, 2.45) is 5.92 Å². The van der Waals surface area contributed by atoms with Gasteiger partial charge < -0.3 is 23.9 Å². The summed E-state index contributed by atoms with van der Waals surface area (Å²) in [6.45, 7) is 3.70. The molecule has 4 aromatic rings. The first-order chi connectivity index (χ1) is 27.8. The van der Waals surface area contributed by atoms with E-state index in [9.17, 15) is 18.0 Å². The number of hydrogen-bond donors (Lipinski definition) is 1. The van der Waals surface area contributed by atoms with E-state index < -0.39 is 41.5 Å². The topological polar surface area (TPSA) is 105 Å². The van der Waals surface area contributed by atoms with E-state index in [1.807, 2.05) is 0 Å². The van der Waals surface area contributed by atoms with Gasteiger partial charge in [-0.25, -0.2) is 22.3 Å². The molecule has 8 heterocycles. The number of anilines is 1. The third kappa shape index (κ3) is 7.44. The summed E-state index contributed by atoms with van der Waals surface area (Å²) in [5.74, 6) is -2.57. The predicted octanol–water partition coefficient (Wildman–Crippen LogP) is 7.94. The van der Waals surface area contributed by atoms with Gasteiger partial charge in [0.15, 0.2) is 5.82 Å². The molecule has 11 nitrogen and oxygen atoms in total. The Morgan fingerprint density at radius 1 is 1.07 bits per heavy atom. The molecule has 18 heteroatoms. The molecule has 58 heavy (non-hydrogen) atoms. The Morgan fingerprint density at radius 2 is 1.88 bits per heavy atom. The van der Waals surface area contributed by atoms with E-state index >= 15 is 13.2 Å². The molecule has 1 amide bonds. The van der Waals surface area contributed by atoms with Gasteiger partial charge >= 0.3 is 18.3 Å². The van der Waals surface area contributed by atoms with E-state index in [0.717, 1.165) is 51.0 Å². The van der Waals surface area contributed by atoms with E-state index in [4.69, 9.17) is 18.6 Å². The van der Waals surface area contributed by atoms with Gasteiger partial charge in [-0.2, -0.15) is 23.1 Å². The van der Waals surface area contributed by atoms with Crippen molar-refractivity contribution < 1.29 is 44.8 Å². The molecule has 0 aliphatic carbocycles. The van der Waals surface area contributed by atoms with Gasteiger partial charge in [-0.05, 0) is 99.5 Å². The summed E-state index contributed by atoms with van der Waals surface area (Å²) in [5, 5.41) is 3.78. The van der Waals surface area contributed by atoms with Crippen LogP contribution in [0.1, 0.15) is 57.4 Å². The summed E-state index contributed by atoms with van der Waals surface area (Å²) < 4.78 is 109. The maximum atomic E-state index is 17.5. The van der Waals surface area contributed by atoms with Gasteiger partial charge in [-0.1, -0.05) is 6.07 Å². The molecular formula is C40H43F6N7O4S. The van der Waals surface area contributed by atoms with Gasteiger partial charge in [0.05, 0.1) is 35.5 Å². The van der Waals surface area contributed by atoms with E-state index in [2.05, 4.69) is 20.2 Å². The number of amides is 1. The third-order valence-electron chi connectivity index (χ3n) is 12.3. The maximum Gasteiger partial charge on any atom is 0.407 e. The SMILES string of the molecule is CC12CC(F)CN(C1)c1nc(OCC34CCCN3CCC4)nc3c(F)c(ncc13)-c1cc(OSN3CCC(C(F)(F)F)C3)cc3ccc(F)c(c13)CCCOC(=O)N2. The average molecular weight is 832 g/mol. The van der Waals surface area contributed by atoms with Gasteiger partial charge in [0.1, 0.15) is 53.6 Å². The number of alkyl halides is 4. The summed E-state index contributed by atoms with van der Waals surface area (Å²) in [4.78, 5) is 31.1. The lowest BCUT2D eigenvalue weighted by molar-refractivity contribution is -0.169. The number of carbonyl (C=O) groups excluding carboxylic acids is 1. The van der Waals surface area contributed by atoms with Crippen molar-refractivity contribution in [1.82, 2.24) is 29.5 Å². The van der Waals surface area contributed by atoms with Crippen molar-refractivity contribution in [2.75, 3.05) is 57.4 Å². The lowest BCUT2D eigenvalue weighted by Gasteiger charge is -2.42. The molecule has 4 fully saturated rings. The summed E-state index contributed by atoms with van der Waals surface area (Å²) in [6.07, 6.45) is -0.956. The molecule has 1 N–H and O–H groups in total. The smallest absolute Gasteiger partial charge is 0.407 e. The number of fused-ring (bicyclic) bond motifs is 7. The number of rotatable bonds is 6. The zero-order chi connectivity index (χ0) is 40.4. The standard InChI is InChI=1S/C40H43F6N7O4S/c1-38-17-25(41)20-51(21-38)35-29-18-47-33(32(43)34(29)48-36(49-35)56-22-39-9-3-11-52(39)12-4-10-39)28-16-26(57-58-53-13-8-24(19-53)40(44,45)46)15-23-6-7-30(42)27(31(23)28)5-2-14-55-37(54)50-38/h6-7,15-16,18,24-25H,2-5,8-14,17,19-22H2,1H3,(H,50,54). The first-order valence-electron chi connectivity index (χ1n) is 19.8. The maximum absolute atomic E-state index is 17.5. The number of alkyl carbamates (subject to hydrolysis) is 1. The number of hydrogen-bond acceptors (Lipinski definition) is 11. The van der Waals surface area contributed by atoms with Gasteiger partial charge in [-0.15, -0.1) is 0 Å². The second-order valence-electron chi connectivity index (χ2n) is 16.5. The molecule has 6 aliphatic rings. The van der Waals surface area contributed by atoms with E-state index in [1.165, 1.54) is 28.7 Å². The number of aromatic nitrogens is 3. The lowest BCUT2D eigenvalue weighted by Crippen LogP contribution is -2.60. The third-order valence-corrected chi connectivity index (χ3v) is 13.1. The van der Waals surface area contributed by atoms with Crippen molar-refractivity contribution in [3.05, 3.63) is 47.7 Å². The Hall–Kier alpha value is -4.29. The van der Waals surface area contributed by atoms with Crippen molar-refractivity contribution in [3.63, 3.8) is 0 Å². The minimum absolute atomic E-state index is 0.00797. The monoisotopic (exact) mass is 831 g/mol. The van der Waals surface area contributed by atoms with Crippen LogP contribution in [0.4, 0.5) is 37.0 Å². The molecule has 3 unspecified atom stereocenters. The fourth-order valence-electron chi connectivity index (χ4n) is 9.59. The van der Waals surface area contributed by atoms with Crippen LogP contribution < -0.4 is 19.1 Å². The van der Waals surface area contributed by atoms with E-state index in [0.29, 0.717) is 10.8 Å². The Labute approximate surface area is 335 Å². The number of carbonyl (C=O) groups is 1. The van der Waals surface area contributed by atoms with Crippen LogP contribution in [0.15, 0.2) is 30.5 Å². The number of benzene rings is 2. The first-order valence-corrected chi connectivity index (χ1v) is 20.5. The molecule has 0 saturated carbocycles. The Balaban J connectivity index is 1.18. The van der Waals surface area contributed by atoms with Crippen LogP contribution in [0.25, 0.3) is 32.9 Å². The largest absolute Gasteiger partial charge is 0.461 e. The minimum Gasteiger partial charge on any atom is -0.461 e. The van der Waals surface area contributed by atoms with Crippen LogP contribution in [0.3, 0.4) is 0 Å². The predicted molar refractivity (Wildman–Crippen MR) is 205 cm³/mol. The Morgan fingerprint density at radius 3 is 2.66 bits per heavy atom. The fraction of sp³-hybridized carbons (Fsp3) is 0.550. The zero-order valence-electron chi connectivity index (χ0n) is 31.8. The number of nitrogens with zero attached hydrogens (tertiary/aromatic N) is 6. The Kier molecular flexibility index (Phi) is 10.2. The zero-order valence-corrected chi connectivity index (χ0v) is 32.7. The van der Waals surface area contributed by atoms with Crippen molar-refractivity contribution >= 4 is 45.8 Å². The van der Waals surface area contributed by atoms with Crippen LogP contribution in [-0.4, -0.2) is 106 Å². The van der Waals surface area contributed by atoms with Gasteiger partial charge in [0, 0.05) is 37.8 Å². The van der Waals surface area contributed by atoms with Crippen LogP contribution >= 0.6 is 12.2 Å². The molecule has 4 saturated heterocycles. The number of aryl methyl sites for hydroxylation is 1. The Bertz CT molecular complexity index is 2240. The minimum atomic E-state index is -4.33. The molecule has 0 radical (unpaired) electrons. The van der Waals surface area contributed by atoms with Crippen LogP contribution in [0.2, 0.25) is 0 Å². The second-order valence-corrected chi connectivity index (χ2v) is 17.3. The highest BCUT2D eigenvalue weighted by molar-refractivity contribution is 7.92. The molecule has 0 spiro atoms. The molecule has 6 aliphatic heterocycles. The summed E-state index contributed by atoms with van der Waals surface area (Å²) >= 11 is 0.762. The summed E-state index contributed by atoms with van der Waals surface area (Å²) in [6, 6.07) is 5.78. The number of halogens is 6. The van der Waals surface area contributed by atoms with E-state index in [-0.39, 0.29) is 116 Å². The molecule has 310 valence electrons. The van der Waals surface area contributed by atoms with Crippen molar-refractivity contribution in [2.45, 2.75) is 81.7 Å². The normalized spacial score (nSPS) is 25.3. The average Bonchev–Trinajstić information content (AvgIpc) is 3.91. The molecule has 2 aromatic carbocycles. The van der Waals surface area contributed by atoms with Crippen LogP contribution in [-0.2, 0) is 11.2 Å².